The average Bonchev–Trinajstić information content (AvgIpc) is 2.29. The number of rotatable bonds is 5. The number of likely N-dealkylation sites (N-methyl/N-ethyl adjacent to an activating group) is 2. The molecule has 1 aromatic rings. The Morgan fingerprint density at radius 2 is 2.06 bits per heavy atom. The fourth-order valence-electron chi connectivity index (χ4n) is 1.51. The van der Waals surface area contributed by atoms with Crippen LogP contribution in [0.2, 0.25) is 0 Å². The Balaban J connectivity index is 2.59. The fraction of sp³-hybridized carbons (Fsp3) is 0.417. The molecule has 2 N–H and O–H groups in total. The van der Waals surface area contributed by atoms with Crippen LogP contribution in [-0.2, 0) is 0 Å². The summed E-state index contributed by atoms with van der Waals surface area (Å²) >= 11 is 0. The minimum atomic E-state index is -0.398. The third-order valence-electron chi connectivity index (χ3n) is 2.36. The van der Waals surface area contributed by atoms with Gasteiger partial charge in [-0.2, -0.15) is 5.26 Å². The lowest BCUT2D eigenvalue weighted by atomic mass is 10.2. The predicted octanol–water partition coefficient (Wildman–Crippen LogP) is 0.575. The van der Waals surface area contributed by atoms with Crippen LogP contribution in [0.5, 0.6) is 0 Å². The standard InChI is InChI=1S/C12H17N3O/c1-14-8-12(16)9-15(2)11-5-3-10(7-13)4-6-11/h3-6,12,14,16H,8-9H2,1-2H3. The number of hydrogen-bond acceptors (Lipinski definition) is 4. The monoisotopic (exact) mass is 219 g/mol. The minimum absolute atomic E-state index is 0.398. The number of hydrogen-bond donors (Lipinski definition) is 2. The van der Waals surface area contributed by atoms with E-state index >= 15 is 0 Å². The van der Waals surface area contributed by atoms with Crippen molar-refractivity contribution >= 4 is 5.69 Å². The summed E-state index contributed by atoms with van der Waals surface area (Å²) in [4.78, 5) is 1.96. The number of aliphatic hydroxyl groups is 1. The summed E-state index contributed by atoms with van der Waals surface area (Å²) in [5, 5.41) is 21.2. The average molecular weight is 219 g/mol. The molecule has 0 aliphatic heterocycles. The highest BCUT2D eigenvalue weighted by molar-refractivity contribution is 5.49. The Hall–Kier alpha value is -1.57. The summed E-state index contributed by atoms with van der Waals surface area (Å²) < 4.78 is 0. The van der Waals surface area contributed by atoms with E-state index in [0.717, 1.165) is 5.69 Å². The summed E-state index contributed by atoms with van der Waals surface area (Å²) in [6, 6.07) is 9.38. The first-order valence-corrected chi connectivity index (χ1v) is 5.21. The first kappa shape index (κ1) is 12.5. The summed E-state index contributed by atoms with van der Waals surface area (Å²) in [6.07, 6.45) is -0.398. The van der Waals surface area contributed by atoms with Gasteiger partial charge in [-0.15, -0.1) is 0 Å². The van der Waals surface area contributed by atoms with Crippen LogP contribution in [0.3, 0.4) is 0 Å². The molecule has 0 aliphatic rings. The van der Waals surface area contributed by atoms with Crippen molar-refractivity contribution in [3.63, 3.8) is 0 Å². The molecule has 0 radical (unpaired) electrons. The minimum Gasteiger partial charge on any atom is -0.390 e. The maximum absolute atomic E-state index is 9.63. The molecular formula is C12H17N3O. The van der Waals surface area contributed by atoms with Gasteiger partial charge >= 0.3 is 0 Å². The third kappa shape index (κ3) is 3.54. The van der Waals surface area contributed by atoms with E-state index in [0.29, 0.717) is 18.7 Å². The van der Waals surface area contributed by atoms with E-state index in [9.17, 15) is 5.11 Å². The van der Waals surface area contributed by atoms with Crippen LogP contribution in [0, 0.1) is 11.3 Å². The van der Waals surface area contributed by atoms with Gasteiger partial charge in [0.05, 0.1) is 17.7 Å². The second-order valence-electron chi connectivity index (χ2n) is 3.75. The lowest BCUT2D eigenvalue weighted by Gasteiger charge is -2.22. The van der Waals surface area contributed by atoms with Crippen LogP contribution < -0.4 is 10.2 Å². The second-order valence-corrected chi connectivity index (χ2v) is 3.75. The molecule has 0 aliphatic carbocycles. The smallest absolute Gasteiger partial charge is 0.0991 e. The molecule has 4 nitrogen and oxygen atoms in total. The number of anilines is 1. The van der Waals surface area contributed by atoms with Crippen molar-refractivity contribution in [1.29, 1.82) is 5.26 Å². The highest BCUT2D eigenvalue weighted by Gasteiger charge is 2.07. The van der Waals surface area contributed by atoms with Gasteiger partial charge in [-0.1, -0.05) is 0 Å². The van der Waals surface area contributed by atoms with Gasteiger partial charge in [0.1, 0.15) is 0 Å². The molecule has 1 atom stereocenters. The molecule has 0 heterocycles. The van der Waals surface area contributed by atoms with Gasteiger partial charge in [-0.3, -0.25) is 0 Å². The van der Waals surface area contributed by atoms with E-state index in [1.165, 1.54) is 0 Å². The van der Waals surface area contributed by atoms with Crippen molar-refractivity contribution in [3.8, 4) is 6.07 Å². The molecule has 0 saturated carbocycles. The topological polar surface area (TPSA) is 59.3 Å². The van der Waals surface area contributed by atoms with Crippen LogP contribution >= 0.6 is 0 Å². The van der Waals surface area contributed by atoms with Crippen LogP contribution in [0.25, 0.3) is 0 Å². The lowest BCUT2D eigenvalue weighted by molar-refractivity contribution is 0.181. The van der Waals surface area contributed by atoms with Gasteiger partial charge in [0.25, 0.3) is 0 Å². The largest absolute Gasteiger partial charge is 0.390 e. The van der Waals surface area contributed by atoms with Crippen molar-refractivity contribution in [2.24, 2.45) is 0 Å². The zero-order valence-electron chi connectivity index (χ0n) is 9.64. The van der Waals surface area contributed by atoms with Gasteiger partial charge < -0.3 is 15.3 Å². The Kier molecular flexibility index (Phi) is 4.77. The summed E-state index contributed by atoms with van der Waals surface area (Å²) in [5.41, 5.74) is 1.64. The van der Waals surface area contributed by atoms with Crippen LogP contribution in [0.1, 0.15) is 5.56 Å². The molecule has 86 valence electrons. The highest BCUT2D eigenvalue weighted by atomic mass is 16.3. The predicted molar refractivity (Wildman–Crippen MR) is 64.4 cm³/mol. The van der Waals surface area contributed by atoms with Gasteiger partial charge in [-0.25, -0.2) is 0 Å². The van der Waals surface area contributed by atoms with E-state index in [4.69, 9.17) is 5.26 Å². The summed E-state index contributed by atoms with van der Waals surface area (Å²) in [5.74, 6) is 0. The Morgan fingerprint density at radius 1 is 1.44 bits per heavy atom. The van der Waals surface area contributed by atoms with E-state index in [-0.39, 0.29) is 0 Å². The van der Waals surface area contributed by atoms with Crippen molar-refractivity contribution in [2.45, 2.75) is 6.10 Å². The van der Waals surface area contributed by atoms with Gasteiger partial charge in [0.2, 0.25) is 0 Å². The molecule has 4 heteroatoms. The zero-order chi connectivity index (χ0) is 12.0. The lowest BCUT2D eigenvalue weighted by Crippen LogP contribution is -2.35. The first-order valence-electron chi connectivity index (χ1n) is 5.21. The van der Waals surface area contributed by atoms with Gasteiger partial charge in [0.15, 0.2) is 0 Å². The van der Waals surface area contributed by atoms with Crippen LogP contribution in [0.15, 0.2) is 24.3 Å². The zero-order valence-corrected chi connectivity index (χ0v) is 9.64. The van der Waals surface area contributed by atoms with Crippen molar-refractivity contribution < 1.29 is 5.11 Å². The normalized spacial score (nSPS) is 11.9. The Morgan fingerprint density at radius 3 is 2.56 bits per heavy atom. The molecule has 0 fully saturated rings. The molecular weight excluding hydrogens is 202 g/mol. The number of aliphatic hydroxyl groups excluding tert-OH is 1. The van der Waals surface area contributed by atoms with E-state index in [1.807, 2.05) is 31.1 Å². The Labute approximate surface area is 96.1 Å². The third-order valence-corrected chi connectivity index (χ3v) is 2.36. The van der Waals surface area contributed by atoms with Crippen LogP contribution in [-0.4, -0.2) is 38.4 Å². The van der Waals surface area contributed by atoms with E-state index in [2.05, 4.69) is 11.4 Å². The maximum Gasteiger partial charge on any atom is 0.0991 e. The van der Waals surface area contributed by atoms with E-state index in [1.54, 1.807) is 12.1 Å². The SMILES string of the molecule is CNCC(O)CN(C)c1ccc(C#N)cc1. The maximum atomic E-state index is 9.63. The molecule has 0 aromatic heterocycles. The van der Waals surface area contributed by atoms with E-state index < -0.39 is 6.10 Å². The summed E-state index contributed by atoms with van der Waals surface area (Å²) in [7, 11) is 3.73. The van der Waals surface area contributed by atoms with Crippen molar-refractivity contribution in [3.05, 3.63) is 29.8 Å². The number of nitriles is 1. The quantitative estimate of drug-likeness (QED) is 0.760. The molecule has 0 spiro atoms. The number of nitrogens with one attached hydrogen (secondary N) is 1. The molecule has 16 heavy (non-hydrogen) atoms. The van der Waals surface area contributed by atoms with Crippen molar-refractivity contribution in [1.82, 2.24) is 5.32 Å². The number of benzene rings is 1. The van der Waals surface area contributed by atoms with Crippen LogP contribution in [0.4, 0.5) is 5.69 Å². The molecule has 1 aromatic carbocycles. The molecule has 0 saturated heterocycles. The van der Waals surface area contributed by atoms with Crippen molar-refractivity contribution in [2.75, 3.05) is 32.1 Å². The molecule has 0 bridgehead atoms. The van der Waals surface area contributed by atoms with Gasteiger partial charge in [-0.05, 0) is 31.3 Å². The van der Waals surface area contributed by atoms with Gasteiger partial charge in [0, 0.05) is 25.8 Å². The Bertz CT molecular complexity index is 356. The highest BCUT2D eigenvalue weighted by Crippen LogP contribution is 2.13. The molecule has 1 rings (SSSR count). The number of nitrogens with zero attached hydrogens (tertiary/aromatic N) is 2. The molecule has 1 unspecified atom stereocenters. The molecule has 0 amide bonds. The fourth-order valence-corrected chi connectivity index (χ4v) is 1.51. The first-order chi connectivity index (χ1) is 7.67. The summed E-state index contributed by atoms with van der Waals surface area (Å²) in [6.45, 7) is 1.13. The second kappa shape index (κ2) is 6.11.